The molecule has 2 unspecified atom stereocenters. The number of amides is 1. The smallest absolute Gasteiger partial charge is 0.226 e. The number of piperidine rings is 1. The van der Waals surface area contributed by atoms with Crippen LogP contribution >= 0.6 is 0 Å². The third-order valence-electron chi connectivity index (χ3n) is 7.71. The van der Waals surface area contributed by atoms with Crippen molar-refractivity contribution in [1.82, 2.24) is 10.2 Å². The van der Waals surface area contributed by atoms with Crippen LogP contribution in [0.2, 0.25) is 0 Å². The van der Waals surface area contributed by atoms with Crippen molar-refractivity contribution in [2.45, 2.75) is 52.1 Å². The fourth-order valence-electron chi connectivity index (χ4n) is 5.52. The largest absolute Gasteiger partial charge is 0.497 e. The second-order valence-electron chi connectivity index (χ2n) is 10.2. The highest BCUT2D eigenvalue weighted by molar-refractivity contribution is 5.82. The maximum Gasteiger partial charge on any atom is 0.226 e. The Bertz CT molecular complexity index is 957. The molecule has 4 atom stereocenters. The molecule has 1 saturated carbocycles. The van der Waals surface area contributed by atoms with Crippen LogP contribution in [0, 0.1) is 17.3 Å². The minimum absolute atomic E-state index is 0.182. The molecule has 0 bridgehead atoms. The fourth-order valence-corrected chi connectivity index (χ4v) is 5.52. The standard InChI is InChI=1S/C29H38N2O2/c1-22-21-31(17-15-25(22)13-12-23-8-5-4-6-9-23)26-14-16-29(2,19-26)28(32)30-20-24-10-7-11-27(18-24)33-3/h4-13,18,22,25-26H,14-17,19-21H2,1-3H3,(H,30,32)/b13-12-/t22-,25+,26?,29?/m0/s1. The van der Waals surface area contributed by atoms with E-state index in [-0.39, 0.29) is 11.3 Å². The third kappa shape index (κ3) is 5.86. The quantitative estimate of drug-likeness (QED) is 0.607. The van der Waals surface area contributed by atoms with Crippen LogP contribution in [0.25, 0.3) is 6.08 Å². The van der Waals surface area contributed by atoms with Crippen LogP contribution in [0.5, 0.6) is 5.75 Å². The monoisotopic (exact) mass is 446 g/mol. The normalized spacial score (nSPS) is 28.2. The number of hydrogen-bond acceptors (Lipinski definition) is 3. The lowest BCUT2D eigenvalue weighted by Gasteiger charge is -2.39. The molecule has 1 N–H and O–H groups in total. The van der Waals surface area contributed by atoms with Gasteiger partial charge in [0, 0.05) is 24.5 Å². The lowest BCUT2D eigenvalue weighted by atomic mass is 9.84. The van der Waals surface area contributed by atoms with E-state index in [2.05, 4.69) is 66.5 Å². The van der Waals surface area contributed by atoms with Gasteiger partial charge in [-0.1, -0.05) is 68.5 Å². The van der Waals surface area contributed by atoms with Crippen molar-refractivity contribution in [3.8, 4) is 5.75 Å². The van der Waals surface area contributed by atoms with Crippen LogP contribution in [0.4, 0.5) is 0 Å². The zero-order chi connectivity index (χ0) is 23.3. The van der Waals surface area contributed by atoms with Crippen molar-refractivity contribution in [2.24, 2.45) is 17.3 Å². The van der Waals surface area contributed by atoms with Gasteiger partial charge in [-0.15, -0.1) is 0 Å². The summed E-state index contributed by atoms with van der Waals surface area (Å²) in [4.78, 5) is 15.7. The number of hydrogen-bond donors (Lipinski definition) is 1. The minimum atomic E-state index is -0.281. The lowest BCUT2D eigenvalue weighted by Crippen LogP contribution is -2.45. The van der Waals surface area contributed by atoms with Gasteiger partial charge in [-0.3, -0.25) is 4.79 Å². The average molecular weight is 447 g/mol. The number of ether oxygens (including phenoxy) is 1. The molecular weight excluding hydrogens is 408 g/mol. The summed E-state index contributed by atoms with van der Waals surface area (Å²) in [6.45, 7) is 7.32. The third-order valence-corrected chi connectivity index (χ3v) is 7.71. The number of likely N-dealkylation sites (tertiary alicyclic amines) is 1. The molecule has 1 saturated heterocycles. The van der Waals surface area contributed by atoms with Crippen molar-refractivity contribution < 1.29 is 9.53 Å². The Morgan fingerprint density at radius 2 is 2.00 bits per heavy atom. The molecule has 1 aliphatic heterocycles. The minimum Gasteiger partial charge on any atom is -0.497 e. The number of allylic oxidation sites excluding steroid dienone is 1. The van der Waals surface area contributed by atoms with Gasteiger partial charge in [0.1, 0.15) is 5.75 Å². The number of carbonyl (C=O) groups is 1. The molecule has 1 aliphatic carbocycles. The first kappa shape index (κ1) is 23.6. The maximum atomic E-state index is 13.1. The summed E-state index contributed by atoms with van der Waals surface area (Å²) in [5.74, 6) is 2.26. The van der Waals surface area contributed by atoms with Crippen molar-refractivity contribution in [3.63, 3.8) is 0 Å². The Morgan fingerprint density at radius 1 is 1.18 bits per heavy atom. The molecule has 176 valence electrons. The summed E-state index contributed by atoms with van der Waals surface area (Å²) in [6, 6.07) is 19.0. The second kappa shape index (κ2) is 10.6. The SMILES string of the molecule is COc1cccc(CNC(=O)C2(C)CCC(N3CC[C@@H](/C=C\c4ccccc4)[C@@H](C)C3)C2)c1. The molecule has 1 heterocycles. The van der Waals surface area contributed by atoms with Crippen LogP contribution in [0.3, 0.4) is 0 Å². The first-order valence-electron chi connectivity index (χ1n) is 12.4. The molecule has 1 amide bonds. The topological polar surface area (TPSA) is 41.6 Å². The molecule has 0 radical (unpaired) electrons. The van der Waals surface area contributed by atoms with E-state index in [1.165, 1.54) is 12.0 Å². The van der Waals surface area contributed by atoms with E-state index in [9.17, 15) is 4.79 Å². The molecule has 0 spiro atoms. The van der Waals surface area contributed by atoms with Crippen LogP contribution in [0.1, 0.15) is 50.7 Å². The zero-order valence-electron chi connectivity index (χ0n) is 20.3. The van der Waals surface area contributed by atoms with E-state index >= 15 is 0 Å². The van der Waals surface area contributed by atoms with E-state index in [1.807, 2.05) is 24.3 Å². The Labute approximate surface area is 199 Å². The van der Waals surface area contributed by atoms with Gasteiger partial charge in [0.05, 0.1) is 7.11 Å². The first-order chi connectivity index (χ1) is 16.0. The van der Waals surface area contributed by atoms with Gasteiger partial charge in [0.2, 0.25) is 5.91 Å². The number of rotatable bonds is 7. The van der Waals surface area contributed by atoms with Gasteiger partial charge in [0.25, 0.3) is 0 Å². The highest BCUT2D eigenvalue weighted by atomic mass is 16.5. The Kier molecular flexibility index (Phi) is 7.54. The van der Waals surface area contributed by atoms with Crippen LogP contribution < -0.4 is 10.1 Å². The molecule has 0 aromatic heterocycles. The molecule has 4 rings (SSSR count). The van der Waals surface area contributed by atoms with E-state index < -0.39 is 0 Å². The molecular formula is C29H38N2O2. The maximum absolute atomic E-state index is 13.1. The van der Waals surface area contributed by atoms with Gasteiger partial charge in [-0.05, 0) is 67.3 Å². The van der Waals surface area contributed by atoms with Crippen molar-refractivity contribution in [2.75, 3.05) is 20.2 Å². The van der Waals surface area contributed by atoms with Crippen LogP contribution in [-0.4, -0.2) is 37.0 Å². The Balaban J connectivity index is 1.28. The summed E-state index contributed by atoms with van der Waals surface area (Å²) >= 11 is 0. The first-order valence-corrected chi connectivity index (χ1v) is 12.4. The predicted octanol–water partition coefficient (Wildman–Crippen LogP) is 5.54. The average Bonchev–Trinajstić information content (AvgIpc) is 3.26. The van der Waals surface area contributed by atoms with E-state index in [1.54, 1.807) is 7.11 Å². The summed E-state index contributed by atoms with van der Waals surface area (Å²) in [5, 5.41) is 3.18. The number of nitrogens with zero attached hydrogens (tertiary/aromatic N) is 1. The summed E-state index contributed by atoms with van der Waals surface area (Å²) < 4.78 is 5.29. The van der Waals surface area contributed by atoms with E-state index in [4.69, 9.17) is 4.74 Å². The van der Waals surface area contributed by atoms with Gasteiger partial charge in [-0.25, -0.2) is 0 Å². The molecule has 4 heteroatoms. The van der Waals surface area contributed by atoms with Crippen molar-refractivity contribution in [3.05, 3.63) is 71.8 Å². The van der Waals surface area contributed by atoms with Gasteiger partial charge >= 0.3 is 0 Å². The van der Waals surface area contributed by atoms with Gasteiger partial charge < -0.3 is 15.0 Å². The summed E-state index contributed by atoms with van der Waals surface area (Å²) in [7, 11) is 1.67. The molecule has 2 fully saturated rings. The van der Waals surface area contributed by atoms with Crippen LogP contribution in [0.15, 0.2) is 60.7 Å². The molecule has 33 heavy (non-hydrogen) atoms. The molecule has 2 aromatic carbocycles. The predicted molar refractivity (Wildman–Crippen MR) is 135 cm³/mol. The van der Waals surface area contributed by atoms with Crippen LogP contribution in [-0.2, 0) is 11.3 Å². The Morgan fingerprint density at radius 3 is 2.76 bits per heavy atom. The number of methoxy groups -OCH3 is 1. The van der Waals surface area contributed by atoms with E-state index in [0.29, 0.717) is 24.4 Å². The van der Waals surface area contributed by atoms with Gasteiger partial charge in [-0.2, -0.15) is 0 Å². The van der Waals surface area contributed by atoms with Crippen molar-refractivity contribution in [1.29, 1.82) is 0 Å². The fraction of sp³-hybridized carbons (Fsp3) is 0.483. The molecule has 4 nitrogen and oxygen atoms in total. The number of carbonyl (C=O) groups excluding carboxylic acids is 1. The van der Waals surface area contributed by atoms with Gasteiger partial charge in [0.15, 0.2) is 0 Å². The number of nitrogens with one attached hydrogen (secondary N) is 1. The highest BCUT2D eigenvalue weighted by Gasteiger charge is 2.44. The summed E-state index contributed by atoms with van der Waals surface area (Å²) in [5.41, 5.74) is 2.07. The molecule has 2 aliphatic rings. The second-order valence-corrected chi connectivity index (χ2v) is 10.2. The zero-order valence-corrected chi connectivity index (χ0v) is 20.3. The van der Waals surface area contributed by atoms with E-state index in [0.717, 1.165) is 43.7 Å². The Hall–Kier alpha value is -2.59. The number of benzene rings is 2. The molecule has 2 aromatic rings. The summed E-state index contributed by atoms with van der Waals surface area (Å²) in [6.07, 6.45) is 8.90. The van der Waals surface area contributed by atoms with Crippen molar-refractivity contribution >= 4 is 12.0 Å². The lowest BCUT2D eigenvalue weighted by molar-refractivity contribution is -0.130. The highest BCUT2D eigenvalue weighted by Crippen LogP contribution is 2.42.